The zero-order chi connectivity index (χ0) is 20.1. The molecule has 0 unspecified atom stereocenters. The summed E-state index contributed by atoms with van der Waals surface area (Å²) in [5, 5.41) is 0.298. The van der Waals surface area contributed by atoms with Crippen molar-refractivity contribution in [3.63, 3.8) is 0 Å². The second kappa shape index (κ2) is 8.89. The minimum atomic E-state index is -0.431. The van der Waals surface area contributed by atoms with Gasteiger partial charge in [-0.1, -0.05) is 59.6 Å². The number of benzene rings is 3. The van der Waals surface area contributed by atoms with Crippen molar-refractivity contribution in [1.82, 2.24) is 4.90 Å². The van der Waals surface area contributed by atoms with Gasteiger partial charge in [0.2, 0.25) is 0 Å². The largest absolute Gasteiger partial charge is 0.484 e. The first-order valence-corrected chi connectivity index (χ1v) is 9.28. The molecule has 0 bridgehead atoms. The SMILES string of the molecule is Cc1ccc(-c2ccc(OCC(=O)N(C)Cc3c(F)cccc3Cl)cc2)cc1. The summed E-state index contributed by atoms with van der Waals surface area (Å²) in [5.41, 5.74) is 3.70. The first-order chi connectivity index (χ1) is 13.4. The number of likely N-dealkylation sites (N-methyl/N-ethyl adjacent to an activating group) is 1. The molecule has 0 saturated heterocycles. The third-order valence-electron chi connectivity index (χ3n) is 4.48. The van der Waals surface area contributed by atoms with Crippen molar-refractivity contribution in [3.8, 4) is 16.9 Å². The van der Waals surface area contributed by atoms with Crippen LogP contribution in [0.25, 0.3) is 11.1 Å². The van der Waals surface area contributed by atoms with E-state index in [1.54, 1.807) is 13.1 Å². The number of nitrogens with zero attached hydrogens (tertiary/aromatic N) is 1. The van der Waals surface area contributed by atoms with E-state index in [0.717, 1.165) is 11.1 Å². The average molecular weight is 398 g/mol. The summed E-state index contributed by atoms with van der Waals surface area (Å²) in [7, 11) is 1.59. The molecule has 3 aromatic carbocycles. The van der Waals surface area contributed by atoms with Crippen molar-refractivity contribution >= 4 is 17.5 Å². The summed E-state index contributed by atoms with van der Waals surface area (Å²) in [6.07, 6.45) is 0. The van der Waals surface area contributed by atoms with Gasteiger partial charge in [-0.15, -0.1) is 0 Å². The number of amides is 1. The smallest absolute Gasteiger partial charge is 0.260 e. The molecule has 0 heterocycles. The molecule has 0 aliphatic rings. The molecule has 28 heavy (non-hydrogen) atoms. The van der Waals surface area contributed by atoms with Crippen LogP contribution in [-0.2, 0) is 11.3 Å². The quantitative estimate of drug-likeness (QED) is 0.550. The van der Waals surface area contributed by atoms with Crippen molar-refractivity contribution in [2.45, 2.75) is 13.5 Å². The Morgan fingerprint density at radius 3 is 2.21 bits per heavy atom. The van der Waals surface area contributed by atoms with Crippen LogP contribution < -0.4 is 4.74 Å². The standard InChI is InChI=1S/C23H21ClFNO2/c1-16-6-8-17(9-7-16)18-10-12-19(13-11-18)28-15-23(27)26(2)14-20-21(24)4-3-5-22(20)25/h3-13H,14-15H2,1-2H3. The molecule has 0 N–H and O–H groups in total. The molecular formula is C23H21ClFNO2. The maximum absolute atomic E-state index is 13.9. The van der Waals surface area contributed by atoms with E-state index in [4.69, 9.17) is 16.3 Å². The fourth-order valence-corrected chi connectivity index (χ4v) is 2.98. The van der Waals surface area contributed by atoms with Gasteiger partial charge in [0.1, 0.15) is 11.6 Å². The molecule has 0 atom stereocenters. The molecule has 144 valence electrons. The van der Waals surface area contributed by atoms with E-state index >= 15 is 0 Å². The van der Waals surface area contributed by atoms with E-state index in [1.165, 1.54) is 22.6 Å². The van der Waals surface area contributed by atoms with Gasteiger partial charge in [-0.05, 0) is 42.3 Å². The van der Waals surface area contributed by atoms with Crippen LogP contribution in [0.3, 0.4) is 0 Å². The van der Waals surface area contributed by atoms with Gasteiger partial charge in [0.25, 0.3) is 5.91 Å². The average Bonchev–Trinajstić information content (AvgIpc) is 2.70. The summed E-state index contributed by atoms with van der Waals surface area (Å²) in [6, 6.07) is 20.3. The highest BCUT2D eigenvalue weighted by Gasteiger charge is 2.15. The maximum atomic E-state index is 13.9. The Morgan fingerprint density at radius 1 is 1.00 bits per heavy atom. The lowest BCUT2D eigenvalue weighted by Gasteiger charge is -2.18. The van der Waals surface area contributed by atoms with Crippen molar-refractivity contribution in [2.24, 2.45) is 0 Å². The molecule has 0 radical (unpaired) electrons. The third-order valence-corrected chi connectivity index (χ3v) is 4.84. The lowest BCUT2D eigenvalue weighted by Crippen LogP contribution is -2.31. The molecule has 1 amide bonds. The van der Waals surface area contributed by atoms with Gasteiger partial charge in [-0.3, -0.25) is 4.79 Å². The Morgan fingerprint density at radius 2 is 1.61 bits per heavy atom. The molecule has 0 aromatic heterocycles. The van der Waals surface area contributed by atoms with Crippen LogP contribution in [0.5, 0.6) is 5.75 Å². The normalized spacial score (nSPS) is 10.6. The van der Waals surface area contributed by atoms with E-state index in [-0.39, 0.29) is 19.1 Å². The summed E-state index contributed by atoms with van der Waals surface area (Å²) in [4.78, 5) is 13.7. The number of carbonyl (C=O) groups is 1. The number of hydrogen-bond donors (Lipinski definition) is 0. The van der Waals surface area contributed by atoms with Crippen molar-refractivity contribution in [2.75, 3.05) is 13.7 Å². The second-order valence-corrected chi connectivity index (χ2v) is 7.04. The number of ether oxygens (including phenoxy) is 1. The van der Waals surface area contributed by atoms with Gasteiger partial charge in [-0.25, -0.2) is 4.39 Å². The zero-order valence-electron chi connectivity index (χ0n) is 15.8. The fourth-order valence-electron chi connectivity index (χ4n) is 2.75. The van der Waals surface area contributed by atoms with Gasteiger partial charge in [0, 0.05) is 24.2 Å². The Kier molecular flexibility index (Phi) is 6.32. The summed E-state index contributed by atoms with van der Waals surface area (Å²) >= 11 is 6.02. The van der Waals surface area contributed by atoms with Gasteiger partial charge >= 0.3 is 0 Å². The van der Waals surface area contributed by atoms with E-state index in [0.29, 0.717) is 16.3 Å². The number of rotatable bonds is 6. The summed E-state index contributed by atoms with van der Waals surface area (Å²) in [6.45, 7) is 2.00. The second-order valence-electron chi connectivity index (χ2n) is 6.63. The lowest BCUT2D eigenvalue weighted by molar-refractivity contribution is -0.132. The fraction of sp³-hybridized carbons (Fsp3) is 0.174. The molecule has 0 saturated carbocycles. The van der Waals surface area contributed by atoms with Crippen LogP contribution in [0.15, 0.2) is 66.7 Å². The first-order valence-electron chi connectivity index (χ1n) is 8.91. The van der Waals surface area contributed by atoms with E-state index in [9.17, 15) is 9.18 Å². The molecule has 3 rings (SSSR count). The highest BCUT2D eigenvalue weighted by Crippen LogP contribution is 2.23. The lowest BCUT2D eigenvalue weighted by atomic mass is 10.0. The van der Waals surface area contributed by atoms with Crippen LogP contribution in [0.4, 0.5) is 4.39 Å². The molecule has 0 aliphatic heterocycles. The number of halogens is 2. The number of carbonyl (C=O) groups excluding carboxylic acids is 1. The van der Waals surface area contributed by atoms with Gasteiger partial charge in [0.05, 0.1) is 0 Å². The van der Waals surface area contributed by atoms with Crippen molar-refractivity contribution in [3.05, 3.63) is 88.7 Å². The summed E-state index contributed by atoms with van der Waals surface area (Å²) < 4.78 is 19.5. The topological polar surface area (TPSA) is 29.5 Å². The number of hydrogen-bond acceptors (Lipinski definition) is 2. The zero-order valence-corrected chi connectivity index (χ0v) is 16.5. The van der Waals surface area contributed by atoms with Crippen molar-refractivity contribution < 1.29 is 13.9 Å². The van der Waals surface area contributed by atoms with Crippen LogP contribution >= 0.6 is 11.6 Å². The molecular weight excluding hydrogens is 377 g/mol. The predicted octanol–water partition coefficient (Wildman–Crippen LogP) is 5.49. The van der Waals surface area contributed by atoms with Crippen LogP contribution in [-0.4, -0.2) is 24.5 Å². The van der Waals surface area contributed by atoms with Crippen LogP contribution in [0, 0.1) is 12.7 Å². The molecule has 3 nitrogen and oxygen atoms in total. The summed E-state index contributed by atoms with van der Waals surface area (Å²) in [5.74, 6) is -0.0942. The highest BCUT2D eigenvalue weighted by molar-refractivity contribution is 6.31. The van der Waals surface area contributed by atoms with Gasteiger partial charge < -0.3 is 9.64 Å². The Labute approximate surface area is 169 Å². The van der Waals surface area contributed by atoms with Crippen LogP contribution in [0.2, 0.25) is 5.02 Å². The number of aryl methyl sites for hydroxylation is 1. The van der Waals surface area contributed by atoms with Crippen molar-refractivity contribution in [1.29, 1.82) is 0 Å². The van der Waals surface area contributed by atoms with E-state index in [2.05, 4.69) is 31.2 Å². The van der Waals surface area contributed by atoms with Gasteiger partial charge in [-0.2, -0.15) is 0 Å². The Hall–Kier alpha value is -2.85. The minimum absolute atomic E-state index is 0.0834. The third kappa shape index (κ3) is 4.90. The molecule has 3 aromatic rings. The van der Waals surface area contributed by atoms with Gasteiger partial charge in [0.15, 0.2) is 6.61 Å². The molecule has 0 aliphatic carbocycles. The molecule has 0 spiro atoms. The highest BCUT2D eigenvalue weighted by atomic mass is 35.5. The molecule has 0 fully saturated rings. The Bertz CT molecular complexity index is 935. The predicted molar refractivity (Wildman–Crippen MR) is 110 cm³/mol. The van der Waals surface area contributed by atoms with E-state index < -0.39 is 5.82 Å². The monoisotopic (exact) mass is 397 g/mol. The first kappa shape index (κ1) is 19.9. The molecule has 5 heteroatoms. The van der Waals surface area contributed by atoms with Crippen LogP contribution in [0.1, 0.15) is 11.1 Å². The Balaban J connectivity index is 1.57. The minimum Gasteiger partial charge on any atom is -0.484 e. The maximum Gasteiger partial charge on any atom is 0.260 e. The van der Waals surface area contributed by atoms with E-state index in [1.807, 2.05) is 24.3 Å².